The summed E-state index contributed by atoms with van der Waals surface area (Å²) in [5, 5.41) is 8.49. The number of amides is 3. The Bertz CT molecular complexity index is 794. The Balaban J connectivity index is 1.64. The van der Waals surface area contributed by atoms with Crippen molar-refractivity contribution in [2.24, 2.45) is 5.92 Å². The molecule has 1 unspecified atom stereocenters. The number of hydrogen-bond acceptors (Lipinski definition) is 5. The summed E-state index contributed by atoms with van der Waals surface area (Å²) in [5.74, 6) is 0.790. The molecule has 1 fully saturated rings. The van der Waals surface area contributed by atoms with E-state index in [-0.39, 0.29) is 17.9 Å². The lowest BCUT2D eigenvalue weighted by molar-refractivity contribution is -0.121. The lowest BCUT2D eigenvalue weighted by Gasteiger charge is -2.32. The van der Waals surface area contributed by atoms with E-state index >= 15 is 0 Å². The van der Waals surface area contributed by atoms with Crippen LogP contribution in [0.4, 0.5) is 15.5 Å². The molecule has 2 N–H and O–H groups in total. The maximum absolute atomic E-state index is 12.8. The van der Waals surface area contributed by atoms with E-state index in [1.165, 1.54) is 11.3 Å². The van der Waals surface area contributed by atoms with Gasteiger partial charge in [0.2, 0.25) is 5.91 Å². The minimum atomic E-state index is -0.274. The van der Waals surface area contributed by atoms with Crippen LogP contribution in [0, 0.1) is 5.92 Å². The Hall–Kier alpha value is -2.74. The molecule has 0 saturated carbocycles. The van der Waals surface area contributed by atoms with E-state index in [2.05, 4.69) is 10.6 Å². The van der Waals surface area contributed by atoms with Gasteiger partial charge in [-0.1, -0.05) is 0 Å². The number of nitrogens with one attached hydrogen (secondary N) is 2. The van der Waals surface area contributed by atoms with E-state index in [0.29, 0.717) is 30.3 Å². The van der Waals surface area contributed by atoms with Crippen LogP contribution in [0.3, 0.4) is 0 Å². The molecule has 8 heteroatoms. The molecular formula is C19H23N3O4S. The summed E-state index contributed by atoms with van der Waals surface area (Å²) in [6, 6.07) is 8.80. The summed E-state index contributed by atoms with van der Waals surface area (Å²) < 4.78 is 10.5. The zero-order chi connectivity index (χ0) is 19.2. The van der Waals surface area contributed by atoms with Gasteiger partial charge in [0, 0.05) is 19.2 Å². The SMILES string of the molecule is COc1ccc(OC)c(NC(=O)C2CCCN(C(=O)Nc3cccs3)C2)c1. The molecule has 1 aliphatic heterocycles. The number of likely N-dealkylation sites (tertiary alicyclic amines) is 1. The number of hydrogen-bond donors (Lipinski definition) is 2. The molecule has 3 rings (SSSR count). The van der Waals surface area contributed by atoms with Crippen LogP contribution in [-0.4, -0.2) is 44.1 Å². The maximum Gasteiger partial charge on any atom is 0.322 e. The van der Waals surface area contributed by atoms with Crippen molar-refractivity contribution in [3.63, 3.8) is 0 Å². The first-order valence-electron chi connectivity index (χ1n) is 8.73. The summed E-state index contributed by atoms with van der Waals surface area (Å²) >= 11 is 1.47. The summed E-state index contributed by atoms with van der Waals surface area (Å²) in [4.78, 5) is 26.9. The standard InChI is InChI=1S/C19H23N3O4S/c1-25-14-7-8-16(26-2)15(11-14)20-18(23)13-5-3-9-22(12-13)19(24)21-17-6-4-10-27-17/h4,6-8,10-11,13H,3,5,9,12H2,1-2H3,(H,20,23)(H,21,24). The Labute approximate surface area is 162 Å². The van der Waals surface area contributed by atoms with Gasteiger partial charge >= 0.3 is 6.03 Å². The zero-order valence-electron chi connectivity index (χ0n) is 15.4. The monoisotopic (exact) mass is 389 g/mol. The fourth-order valence-electron chi connectivity index (χ4n) is 3.06. The lowest BCUT2D eigenvalue weighted by Crippen LogP contribution is -2.45. The summed E-state index contributed by atoms with van der Waals surface area (Å²) in [7, 11) is 3.12. The van der Waals surface area contributed by atoms with Crippen LogP contribution < -0.4 is 20.1 Å². The number of benzene rings is 1. The van der Waals surface area contributed by atoms with Gasteiger partial charge in [-0.05, 0) is 42.5 Å². The number of piperidine rings is 1. The van der Waals surface area contributed by atoms with Crippen LogP contribution in [0.1, 0.15) is 12.8 Å². The Morgan fingerprint density at radius 2 is 2.04 bits per heavy atom. The third kappa shape index (κ3) is 4.71. The van der Waals surface area contributed by atoms with E-state index < -0.39 is 0 Å². The van der Waals surface area contributed by atoms with Gasteiger partial charge in [-0.15, -0.1) is 11.3 Å². The van der Waals surface area contributed by atoms with Crippen molar-refractivity contribution in [2.45, 2.75) is 12.8 Å². The minimum absolute atomic E-state index is 0.129. The lowest BCUT2D eigenvalue weighted by atomic mass is 9.97. The summed E-state index contributed by atoms with van der Waals surface area (Å²) in [6.07, 6.45) is 1.52. The van der Waals surface area contributed by atoms with Crippen molar-refractivity contribution in [1.29, 1.82) is 0 Å². The summed E-state index contributed by atoms with van der Waals surface area (Å²) in [6.45, 7) is 1.03. The first-order valence-corrected chi connectivity index (χ1v) is 9.61. The van der Waals surface area contributed by atoms with Gasteiger partial charge < -0.3 is 19.7 Å². The fourth-order valence-corrected chi connectivity index (χ4v) is 3.66. The van der Waals surface area contributed by atoms with Crippen molar-refractivity contribution in [3.8, 4) is 11.5 Å². The van der Waals surface area contributed by atoms with E-state index in [1.807, 2.05) is 17.5 Å². The molecule has 1 saturated heterocycles. The van der Waals surface area contributed by atoms with Crippen LogP contribution >= 0.6 is 11.3 Å². The highest BCUT2D eigenvalue weighted by atomic mass is 32.1. The Kier molecular flexibility index (Phi) is 6.18. The van der Waals surface area contributed by atoms with Crippen molar-refractivity contribution in [1.82, 2.24) is 4.90 Å². The second-order valence-corrected chi connectivity index (χ2v) is 7.20. The molecule has 2 heterocycles. The van der Waals surface area contributed by atoms with E-state index in [1.54, 1.807) is 37.3 Å². The van der Waals surface area contributed by atoms with Gasteiger partial charge in [-0.2, -0.15) is 0 Å². The Morgan fingerprint density at radius 1 is 1.19 bits per heavy atom. The molecule has 144 valence electrons. The number of nitrogens with zero attached hydrogens (tertiary/aromatic N) is 1. The second kappa shape index (κ2) is 8.77. The highest BCUT2D eigenvalue weighted by Gasteiger charge is 2.29. The molecular weight excluding hydrogens is 366 g/mol. The van der Waals surface area contributed by atoms with Crippen LogP contribution in [0.25, 0.3) is 0 Å². The van der Waals surface area contributed by atoms with Crippen molar-refractivity contribution < 1.29 is 19.1 Å². The third-order valence-corrected chi connectivity index (χ3v) is 5.28. The first-order chi connectivity index (χ1) is 13.1. The van der Waals surface area contributed by atoms with Crippen LogP contribution in [0.5, 0.6) is 11.5 Å². The molecule has 3 amide bonds. The predicted octanol–water partition coefficient (Wildman–Crippen LogP) is 3.65. The molecule has 2 aromatic rings. The molecule has 7 nitrogen and oxygen atoms in total. The molecule has 27 heavy (non-hydrogen) atoms. The Morgan fingerprint density at radius 3 is 2.74 bits per heavy atom. The van der Waals surface area contributed by atoms with E-state index in [4.69, 9.17) is 9.47 Å². The van der Waals surface area contributed by atoms with Crippen LogP contribution in [-0.2, 0) is 4.79 Å². The number of methoxy groups -OCH3 is 2. The number of carbonyl (C=O) groups excluding carboxylic acids is 2. The van der Waals surface area contributed by atoms with Gasteiger partial charge in [-0.3, -0.25) is 10.1 Å². The van der Waals surface area contributed by atoms with Crippen LogP contribution in [0.2, 0.25) is 0 Å². The first kappa shape index (κ1) is 19.0. The normalized spacial score (nSPS) is 16.5. The van der Waals surface area contributed by atoms with Crippen molar-refractivity contribution in [2.75, 3.05) is 37.9 Å². The zero-order valence-corrected chi connectivity index (χ0v) is 16.2. The average Bonchev–Trinajstić information content (AvgIpc) is 3.21. The predicted molar refractivity (Wildman–Crippen MR) is 106 cm³/mol. The molecule has 1 atom stereocenters. The second-order valence-electron chi connectivity index (χ2n) is 6.25. The fraction of sp³-hybridized carbons (Fsp3) is 0.368. The molecule has 0 spiro atoms. The van der Waals surface area contributed by atoms with Gasteiger partial charge in [0.25, 0.3) is 0 Å². The van der Waals surface area contributed by atoms with Gasteiger partial charge in [0.1, 0.15) is 11.5 Å². The van der Waals surface area contributed by atoms with Gasteiger partial charge in [0.15, 0.2) is 0 Å². The number of rotatable bonds is 5. The smallest absolute Gasteiger partial charge is 0.322 e. The molecule has 0 radical (unpaired) electrons. The van der Waals surface area contributed by atoms with Gasteiger partial charge in [0.05, 0.1) is 30.8 Å². The quantitative estimate of drug-likeness (QED) is 0.818. The molecule has 0 aliphatic carbocycles. The van der Waals surface area contributed by atoms with Crippen LogP contribution in [0.15, 0.2) is 35.7 Å². The highest BCUT2D eigenvalue weighted by Crippen LogP contribution is 2.30. The average molecular weight is 389 g/mol. The molecule has 1 aromatic carbocycles. The molecule has 1 aliphatic rings. The van der Waals surface area contributed by atoms with E-state index in [0.717, 1.165) is 17.8 Å². The highest BCUT2D eigenvalue weighted by molar-refractivity contribution is 7.14. The maximum atomic E-state index is 12.8. The number of thiophene rings is 1. The molecule has 1 aromatic heterocycles. The number of carbonyl (C=O) groups is 2. The number of anilines is 2. The van der Waals surface area contributed by atoms with Crippen molar-refractivity contribution >= 4 is 34.0 Å². The largest absolute Gasteiger partial charge is 0.497 e. The van der Waals surface area contributed by atoms with Gasteiger partial charge in [-0.25, -0.2) is 4.79 Å². The number of urea groups is 1. The van der Waals surface area contributed by atoms with E-state index in [9.17, 15) is 9.59 Å². The molecule has 0 bridgehead atoms. The summed E-state index contributed by atoms with van der Waals surface area (Å²) in [5.41, 5.74) is 0.557. The number of ether oxygens (including phenoxy) is 2. The van der Waals surface area contributed by atoms with Crippen molar-refractivity contribution in [3.05, 3.63) is 35.7 Å². The topological polar surface area (TPSA) is 79.9 Å². The minimum Gasteiger partial charge on any atom is -0.497 e. The third-order valence-electron chi connectivity index (χ3n) is 4.50.